The quantitative estimate of drug-likeness (QED) is 0.773. The highest BCUT2D eigenvalue weighted by Gasteiger charge is 2.11. The number of nitrogens with zero attached hydrogens (tertiary/aromatic N) is 1. The van der Waals surface area contributed by atoms with E-state index in [1.54, 1.807) is 6.07 Å². The van der Waals surface area contributed by atoms with Gasteiger partial charge in [-0.05, 0) is 19.9 Å². The second kappa shape index (κ2) is 5.56. The van der Waals surface area contributed by atoms with Crippen molar-refractivity contribution >= 4 is 23.2 Å². The van der Waals surface area contributed by atoms with E-state index in [0.29, 0.717) is 22.9 Å². The molecule has 0 radical (unpaired) electrons. The molecular formula is C10H14ClN3O. The number of pyridine rings is 1. The number of aromatic nitrogens is 1. The second-order valence-electron chi connectivity index (χ2n) is 2.94. The van der Waals surface area contributed by atoms with E-state index in [1.807, 2.05) is 13.8 Å². The fraction of sp³-hybridized carbons (Fsp3) is 0.400. The summed E-state index contributed by atoms with van der Waals surface area (Å²) >= 11 is 5.75. The molecule has 1 amide bonds. The van der Waals surface area contributed by atoms with Gasteiger partial charge in [0.05, 0.1) is 11.3 Å². The average Bonchev–Trinajstić information content (AvgIpc) is 2.18. The molecule has 0 aliphatic rings. The summed E-state index contributed by atoms with van der Waals surface area (Å²) in [5, 5.41) is 6.16. The topological polar surface area (TPSA) is 54.0 Å². The molecule has 5 heteroatoms. The van der Waals surface area contributed by atoms with Crippen molar-refractivity contribution in [3.8, 4) is 0 Å². The highest BCUT2D eigenvalue weighted by molar-refractivity contribution is 6.29. The van der Waals surface area contributed by atoms with Crippen LogP contribution in [0.4, 0.5) is 5.69 Å². The Morgan fingerprint density at radius 2 is 2.20 bits per heavy atom. The van der Waals surface area contributed by atoms with Gasteiger partial charge in [-0.15, -0.1) is 0 Å². The van der Waals surface area contributed by atoms with Crippen molar-refractivity contribution in [1.29, 1.82) is 0 Å². The monoisotopic (exact) mass is 227 g/mol. The van der Waals surface area contributed by atoms with Gasteiger partial charge in [0.1, 0.15) is 5.15 Å². The first-order valence-electron chi connectivity index (χ1n) is 4.86. The van der Waals surface area contributed by atoms with Crippen LogP contribution in [0.15, 0.2) is 12.3 Å². The molecule has 0 saturated heterocycles. The van der Waals surface area contributed by atoms with Gasteiger partial charge in [-0.2, -0.15) is 0 Å². The molecule has 1 rings (SSSR count). The molecule has 0 aromatic carbocycles. The molecule has 2 N–H and O–H groups in total. The average molecular weight is 228 g/mol. The highest BCUT2D eigenvalue weighted by Crippen LogP contribution is 2.18. The van der Waals surface area contributed by atoms with E-state index in [1.165, 1.54) is 6.20 Å². The first-order valence-corrected chi connectivity index (χ1v) is 5.24. The van der Waals surface area contributed by atoms with Gasteiger partial charge in [0.2, 0.25) is 0 Å². The molecule has 1 aromatic rings. The molecule has 0 bridgehead atoms. The molecule has 0 aliphatic carbocycles. The molecule has 15 heavy (non-hydrogen) atoms. The van der Waals surface area contributed by atoms with Crippen molar-refractivity contribution in [1.82, 2.24) is 10.3 Å². The van der Waals surface area contributed by atoms with Crippen LogP contribution in [-0.2, 0) is 0 Å². The van der Waals surface area contributed by atoms with Gasteiger partial charge in [-0.25, -0.2) is 4.98 Å². The van der Waals surface area contributed by atoms with E-state index >= 15 is 0 Å². The molecule has 1 aromatic heterocycles. The standard InChI is InChI=1S/C10H14ClN3O/c1-3-12-8-5-9(11)14-6-7(8)10(15)13-4-2/h5-6H,3-4H2,1-2H3,(H,12,14)(H,13,15). The van der Waals surface area contributed by atoms with E-state index < -0.39 is 0 Å². The van der Waals surface area contributed by atoms with E-state index in [-0.39, 0.29) is 5.91 Å². The molecular weight excluding hydrogens is 214 g/mol. The van der Waals surface area contributed by atoms with Gasteiger partial charge in [0, 0.05) is 19.3 Å². The lowest BCUT2D eigenvalue weighted by molar-refractivity contribution is 0.0956. The molecule has 0 fully saturated rings. The maximum absolute atomic E-state index is 11.6. The first-order chi connectivity index (χ1) is 7.19. The predicted octanol–water partition coefficient (Wildman–Crippen LogP) is 1.92. The van der Waals surface area contributed by atoms with Gasteiger partial charge >= 0.3 is 0 Å². The molecule has 0 unspecified atom stereocenters. The van der Waals surface area contributed by atoms with Crippen LogP contribution < -0.4 is 10.6 Å². The molecule has 0 atom stereocenters. The van der Waals surface area contributed by atoms with Gasteiger partial charge in [-0.3, -0.25) is 4.79 Å². The van der Waals surface area contributed by atoms with Crippen molar-refractivity contribution in [2.24, 2.45) is 0 Å². The summed E-state index contributed by atoms with van der Waals surface area (Å²) in [6.07, 6.45) is 1.48. The van der Waals surface area contributed by atoms with Crippen LogP contribution in [0.3, 0.4) is 0 Å². The van der Waals surface area contributed by atoms with Gasteiger partial charge in [-0.1, -0.05) is 11.6 Å². The Hall–Kier alpha value is -1.29. The Morgan fingerprint density at radius 3 is 2.80 bits per heavy atom. The van der Waals surface area contributed by atoms with Crippen molar-refractivity contribution in [3.63, 3.8) is 0 Å². The largest absolute Gasteiger partial charge is 0.385 e. The summed E-state index contributed by atoms with van der Waals surface area (Å²) in [5.74, 6) is -0.141. The third-order valence-corrected chi connectivity index (χ3v) is 2.03. The number of amides is 1. The number of hydrogen-bond acceptors (Lipinski definition) is 3. The minimum atomic E-state index is -0.141. The minimum absolute atomic E-state index is 0.141. The molecule has 0 spiro atoms. The van der Waals surface area contributed by atoms with Crippen LogP contribution in [0.5, 0.6) is 0 Å². The summed E-state index contributed by atoms with van der Waals surface area (Å²) in [6, 6.07) is 1.65. The van der Waals surface area contributed by atoms with Crippen molar-refractivity contribution < 1.29 is 4.79 Å². The lowest BCUT2D eigenvalue weighted by Crippen LogP contribution is -2.24. The Morgan fingerprint density at radius 1 is 1.47 bits per heavy atom. The summed E-state index contributed by atoms with van der Waals surface area (Å²) in [7, 11) is 0. The summed E-state index contributed by atoms with van der Waals surface area (Å²) in [4.78, 5) is 15.5. The highest BCUT2D eigenvalue weighted by atomic mass is 35.5. The van der Waals surface area contributed by atoms with Crippen molar-refractivity contribution in [2.45, 2.75) is 13.8 Å². The lowest BCUT2D eigenvalue weighted by atomic mass is 10.2. The van der Waals surface area contributed by atoms with E-state index in [2.05, 4.69) is 15.6 Å². The maximum Gasteiger partial charge on any atom is 0.254 e. The van der Waals surface area contributed by atoms with Crippen LogP contribution in [0.1, 0.15) is 24.2 Å². The Kier molecular flexibility index (Phi) is 4.37. The second-order valence-corrected chi connectivity index (χ2v) is 3.33. The number of hydrogen-bond donors (Lipinski definition) is 2. The van der Waals surface area contributed by atoms with Crippen LogP contribution in [-0.4, -0.2) is 24.0 Å². The number of carbonyl (C=O) groups excluding carboxylic acids is 1. The molecule has 0 aliphatic heterocycles. The molecule has 4 nitrogen and oxygen atoms in total. The predicted molar refractivity (Wildman–Crippen MR) is 61.4 cm³/mol. The van der Waals surface area contributed by atoms with Crippen molar-refractivity contribution in [3.05, 3.63) is 23.0 Å². The molecule has 0 saturated carbocycles. The maximum atomic E-state index is 11.6. The summed E-state index contributed by atoms with van der Waals surface area (Å²) in [6.45, 7) is 5.14. The van der Waals surface area contributed by atoms with E-state index in [9.17, 15) is 4.79 Å². The zero-order chi connectivity index (χ0) is 11.3. The Bertz CT molecular complexity index is 355. The van der Waals surface area contributed by atoms with E-state index in [0.717, 1.165) is 6.54 Å². The fourth-order valence-corrected chi connectivity index (χ4v) is 1.36. The number of anilines is 1. The number of nitrogens with one attached hydrogen (secondary N) is 2. The minimum Gasteiger partial charge on any atom is -0.385 e. The fourth-order valence-electron chi connectivity index (χ4n) is 1.20. The number of halogens is 1. The normalized spacial score (nSPS) is 9.80. The van der Waals surface area contributed by atoms with Crippen LogP contribution in [0.2, 0.25) is 5.15 Å². The summed E-state index contributed by atoms with van der Waals surface area (Å²) < 4.78 is 0. The van der Waals surface area contributed by atoms with Gasteiger partial charge in [0.15, 0.2) is 0 Å². The van der Waals surface area contributed by atoms with E-state index in [4.69, 9.17) is 11.6 Å². The third kappa shape index (κ3) is 3.09. The third-order valence-electron chi connectivity index (χ3n) is 1.82. The Labute approximate surface area is 94.0 Å². The van der Waals surface area contributed by atoms with Crippen LogP contribution in [0, 0.1) is 0 Å². The van der Waals surface area contributed by atoms with Gasteiger partial charge in [0.25, 0.3) is 5.91 Å². The Balaban J connectivity index is 2.99. The lowest BCUT2D eigenvalue weighted by Gasteiger charge is -2.09. The number of rotatable bonds is 4. The summed E-state index contributed by atoms with van der Waals surface area (Å²) in [5.41, 5.74) is 1.23. The van der Waals surface area contributed by atoms with Crippen LogP contribution in [0.25, 0.3) is 0 Å². The zero-order valence-electron chi connectivity index (χ0n) is 8.80. The zero-order valence-corrected chi connectivity index (χ0v) is 9.56. The van der Waals surface area contributed by atoms with Crippen LogP contribution >= 0.6 is 11.6 Å². The molecule has 82 valence electrons. The SMILES string of the molecule is CCNC(=O)c1cnc(Cl)cc1NCC. The van der Waals surface area contributed by atoms with Crippen molar-refractivity contribution in [2.75, 3.05) is 18.4 Å². The number of carbonyl (C=O) groups is 1. The molecule has 1 heterocycles. The van der Waals surface area contributed by atoms with Gasteiger partial charge < -0.3 is 10.6 Å². The smallest absolute Gasteiger partial charge is 0.254 e. The first kappa shape index (κ1) is 11.8.